The zero-order chi connectivity index (χ0) is 20.9. The second kappa shape index (κ2) is 8.62. The lowest BCUT2D eigenvalue weighted by molar-refractivity contribution is -0.115. The Morgan fingerprint density at radius 2 is 1.43 bits per heavy atom. The Morgan fingerprint density at radius 3 is 2.20 bits per heavy atom. The van der Waals surface area contributed by atoms with E-state index in [4.69, 9.17) is 0 Å². The molecule has 0 aliphatic heterocycles. The molecule has 148 valence electrons. The van der Waals surface area contributed by atoms with Gasteiger partial charge in [0.25, 0.3) is 5.91 Å². The number of para-hydroxylation sites is 1. The van der Waals surface area contributed by atoms with Crippen LogP contribution in [-0.2, 0) is 11.2 Å². The number of benzene rings is 4. The molecular weight excluding hydrogens is 372 g/mol. The van der Waals surface area contributed by atoms with E-state index in [9.17, 15) is 9.59 Å². The van der Waals surface area contributed by atoms with Gasteiger partial charge < -0.3 is 10.2 Å². The molecule has 0 aliphatic carbocycles. The number of hydrogen-bond donors (Lipinski definition) is 1. The first-order chi connectivity index (χ1) is 14.6. The average molecular weight is 394 g/mol. The predicted octanol–water partition coefficient (Wildman–Crippen LogP) is 5.30. The van der Waals surface area contributed by atoms with Crippen molar-refractivity contribution in [2.24, 2.45) is 0 Å². The number of anilines is 2. The molecule has 4 heteroatoms. The fourth-order valence-electron chi connectivity index (χ4n) is 3.48. The largest absolute Gasteiger partial charge is 0.326 e. The summed E-state index contributed by atoms with van der Waals surface area (Å²) in [7, 11) is 1.75. The summed E-state index contributed by atoms with van der Waals surface area (Å²) in [5, 5.41) is 5.12. The average Bonchev–Trinajstić information content (AvgIpc) is 2.79. The summed E-state index contributed by atoms with van der Waals surface area (Å²) in [6.45, 7) is 0. The number of carbonyl (C=O) groups excluding carboxylic acids is 2. The van der Waals surface area contributed by atoms with Crippen molar-refractivity contribution in [3.63, 3.8) is 0 Å². The first-order valence-electron chi connectivity index (χ1n) is 9.81. The SMILES string of the molecule is CN(C(=O)c1ccc(NC(=O)Cc2cccc3ccccc23)cc1)c1ccccc1. The fourth-order valence-corrected chi connectivity index (χ4v) is 3.48. The molecule has 0 bridgehead atoms. The van der Waals surface area contributed by atoms with Crippen LogP contribution < -0.4 is 10.2 Å². The van der Waals surface area contributed by atoms with Crippen LogP contribution in [0.25, 0.3) is 10.8 Å². The number of carbonyl (C=O) groups is 2. The molecule has 0 spiro atoms. The van der Waals surface area contributed by atoms with E-state index in [2.05, 4.69) is 5.32 Å². The van der Waals surface area contributed by atoms with E-state index < -0.39 is 0 Å². The maximum Gasteiger partial charge on any atom is 0.258 e. The third kappa shape index (κ3) is 4.23. The van der Waals surface area contributed by atoms with Crippen LogP contribution in [0.15, 0.2) is 97.1 Å². The quantitative estimate of drug-likeness (QED) is 0.499. The van der Waals surface area contributed by atoms with Crippen molar-refractivity contribution in [2.75, 3.05) is 17.3 Å². The second-order valence-corrected chi connectivity index (χ2v) is 7.14. The van der Waals surface area contributed by atoms with Crippen molar-refractivity contribution in [2.45, 2.75) is 6.42 Å². The number of fused-ring (bicyclic) bond motifs is 1. The van der Waals surface area contributed by atoms with Gasteiger partial charge in [-0.1, -0.05) is 60.7 Å². The van der Waals surface area contributed by atoms with Crippen LogP contribution in [0.1, 0.15) is 15.9 Å². The van der Waals surface area contributed by atoms with Gasteiger partial charge >= 0.3 is 0 Å². The molecule has 0 fully saturated rings. The lowest BCUT2D eigenvalue weighted by Gasteiger charge is -2.17. The van der Waals surface area contributed by atoms with Gasteiger partial charge in [-0.05, 0) is 52.7 Å². The topological polar surface area (TPSA) is 49.4 Å². The molecule has 0 saturated carbocycles. The Balaban J connectivity index is 1.43. The van der Waals surface area contributed by atoms with E-state index in [0.717, 1.165) is 22.0 Å². The van der Waals surface area contributed by atoms with Crippen LogP contribution in [0, 0.1) is 0 Å². The van der Waals surface area contributed by atoms with Crippen molar-refractivity contribution in [1.82, 2.24) is 0 Å². The van der Waals surface area contributed by atoms with E-state index in [0.29, 0.717) is 17.7 Å². The summed E-state index contributed by atoms with van der Waals surface area (Å²) in [5.41, 5.74) is 3.05. The highest BCUT2D eigenvalue weighted by Crippen LogP contribution is 2.20. The van der Waals surface area contributed by atoms with Gasteiger partial charge in [0.05, 0.1) is 6.42 Å². The Bertz CT molecular complexity index is 1180. The summed E-state index contributed by atoms with van der Waals surface area (Å²) in [4.78, 5) is 26.8. The number of nitrogens with one attached hydrogen (secondary N) is 1. The highest BCUT2D eigenvalue weighted by atomic mass is 16.2. The molecule has 0 radical (unpaired) electrons. The van der Waals surface area contributed by atoms with Crippen molar-refractivity contribution in [3.05, 3.63) is 108 Å². The van der Waals surface area contributed by atoms with Gasteiger partial charge in [0.1, 0.15) is 0 Å². The molecule has 30 heavy (non-hydrogen) atoms. The van der Waals surface area contributed by atoms with Gasteiger partial charge in [-0.2, -0.15) is 0 Å². The molecule has 1 N–H and O–H groups in total. The Labute approximate surface area is 175 Å². The monoisotopic (exact) mass is 394 g/mol. The molecule has 4 aromatic carbocycles. The lowest BCUT2D eigenvalue weighted by Crippen LogP contribution is -2.26. The molecular formula is C26H22N2O2. The first kappa shape index (κ1) is 19.4. The van der Waals surface area contributed by atoms with Crippen molar-refractivity contribution in [3.8, 4) is 0 Å². The van der Waals surface area contributed by atoms with Crippen LogP contribution >= 0.6 is 0 Å². The van der Waals surface area contributed by atoms with Gasteiger partial charge in [-0.3, -0.25) is 9.59 Å². The Morgan fingerprint density at radius 1 is 0.767 bits per heavy atom. The highest BCUT2D eigenvalue weighted by molar-refractivity contribution is 6.06. The zero-order valence-corrected chi connectivity index (χ0v) is 16.7. The van der Waals surface area contributed by atoms with Crippen LogP contribution in [0.2, 0.25) is 0 Å². The minimum Gasteiger partial charge on any atom is -0.326 e. The smallest absolute Gasteiger partial charge is 0.258 e. The maximum atomic E-state index is 12.7. The Hall–Kier alpha value is -3.92. The first-order valence-corrected chi connectivity index (χ1v) is 9.81. The second-order valence-electron chi connectivity index (χ2n) is 7.14. The summed E-state index contributed by atoms with van der Waals surface area (Å²) in [6, 6.07) is 30.5. The van der Waals surface area contributed by atoms with E-state index in [-0.39, 0.29) is 11.8 Å². The summed E-state index contributed by atoms with van der Waals surface area (Å²) < 4.78 is 0. The van der Waals surface area contributed by atoms with Crippen LogP contribution in [0.5, 0.6) is 0 Å². The molecule has 0 atom stereocenters. The van der Waals surface area contributed by atoms with Crippen LogP contribution in [0.3, 0.4) is 0 Å². The van der Waals surface area contributed by atoms with Gasteiger partial charge in [0.15, 0.2) is 0 Å². The molecule has 0 heterocycles. The molecule has 4 aromatic rings. The molecule has 0 aromatic heterocycles. The Kier molecular flexibility index (Phi) is 5.57. The minimum absolute atomic E-state index is 0.0909. The van der Waals surface area contributed by atoms with E-state index in [1.165, 1.54) is 0 Å². The van der Waals surface area contributed by atoms with Crippen molar-refractivity contribution < 1.29 is 9.59 Å². The van der Waals surface area contributed by atoms with E-state index >= 15 is 0 Å². The van der Waals surface area contributed by atoms with Crippen molar-refractivity contribution in [1.29, 1.82) is 0 Å². The summed E-state index contributed by atoms with van der Waals surface area (Å²) in [5.74, 6) is -0.193. The standard InChI is InChI=1S/C26H22N2O2/c1-28(23-11-3-2-4-12-23)26(30)20-14-16-22(17-15-20)27-25(29)18-21-10-7-9-19-8-5-6-13-24(19)21/h2-17H,18H2,1H3,(H,27,29). The zero-order valence-electron chi connectivity index (χ0n) is 16.7. The number of amides is 2. The predicted molar refractivity (Wildman–Crippen MR) is 122 cm³/mol. The van der Waals surface area contributed by atoms with Gasteiger partial charge in [0, 0.05) is 24.0 Å². The van der Waals surface area contributed by atoms with E-state index in [1.807, 2.05) is 72.8 Å². The van der Waals surface area contributed by atoms with Gasteiger partial charge in [-0.25, -0.2) is 0 Å². The van der Waals surface area contributed by atoms with Crippen LogP contribution in [0.4, 0.5) is 11.4 Å². The highest BCUT2D eigenvalue weighted by Gasteiger charge is 2.13. The number of nitrogens with zero attached hydrogens (tertiary/aromatic N) is 1. The fraction of sp³-hybridized carbons (Fsp3) is 0.0769. The number of rotatable bonds is 5. The summed E-state index contributed by atoms with van der Waals surface area (Å²) in [6.07, 6.45) is 0.290. The molecule has 4 nitrogen and oxygen atoms in total. The minimum atomic E-state index is -0.102. The molecule has 0 saturated heterocycles. The van der Waals surface area contributed by atoms with Crippen LogP contribution in [-0.4, -0.2) is 18.9 Å². The van der Waals surface area contributed by atoms with Gasteiger partial charge in [0.2, 0.25) is 5.91 Å². The maximum absolute atomic E-state index is 12.7. The normalized spacial score (nSPS) is 10.6. The third-order valence-electron chi connectivity index (χ3n) is 5.09. The molecule has 0 aliphatic rings. The molecule has 0 unspecified atom stereocenters. The van der Waals surface area contributed by atoms with E-state index in [1.54, 1.807) is 36.2 Å². The number of hydrogen-bond acceptors (Lipinski definition) is 2. The lowest BCUT2D eigenvalue weighted by atomic mass is 10.0. The molecule has 4 rings (SSSR count). The van der Waals surface area contributed by atoms with Gasteiger partial charge in [-0.15, -0.1) is 0 Å². The summed E-state index contributed by atoms with van der Waals surface area (Å²) >= 11 is 0. The third-order valence-corrected chi connectivity index (χ3v) is 5.09. The van der Waals surface area contributed by atoms with Crippen molar-refractivity contribution >= 4 is 34.0 Å². The molecule has 2 amide bonds.